The monoisotopic (exact) mass is 384 g/mol. The second-order valence-electron chi connectivity index (χ2n) is 8.33. The molecule has 6 heteroatoms. The topological polar surface area (TPSA) is 60.9 Å². The summed E-state index contributed by atoms with van der Waals surface area (Å²) in [5.74, 6) is 1.70. The first-order valence-corrected chi connectivity index (χ1v) is 10.4. The molecule has 2 aliphatic rings. The maximum Gasteiger partial charge on any atom is 0.139 e. The number of aromatic nitrogens is 4. The van der Waals surface area contributed by atoms with Crippen LogP contribution in [0.3, 0.4) is 0 Å². The van der Waals surface area contributed by atoms with Crippen molar-refractivity contribution in [2.75, 3.05) is 38.1 Å². The molecule has 0 unspecified atom stereocenters. The summed E-state index contributed by atoms with van der Waals surface area (Å²) in [6.45, 7) is 4.10. The smallest absolute Gasteiger partial charge is 0.139 e. The number of hydrogen-bond acceptors (Lipinski definition) is 5. The van der Waals surface area contributed by atoms with Gasteiger partial charge in [-0.3, -0.25) is 0 Å². The van der Waals surface area contributed by atoms with E-state index in [1.807, 2.05) is 0 Å². The van der Waals surface area contributed by atoms with E-state index in [4.69, 9.17) is 4.98 Å². The fourth-order valence-electron chi connectivity index (χ4n) is 4.35. The molecule has 0 bridgehead atoms. The van der Waals surface area contributed by atoms with E-state index in [0.717, 1.165) is 48.5 Å². The number of nitrogens with one attached hydrogen (secondary N) is 1. The molecule has 1 saturated heterocycles. The van der Waals surface area contributed by atoms with Crippen LogP contribution < -0.4 is 4.90 Å². The van der Waals surface area contributed by atoms with E-state index in [-0.39, 0.29) is 0 Å². The largest absolute Gasteiger partial charge is 0.353 e. The molecule has 29 heavy (non-hydrogen) atoms. The van der Waals surface area contributed by atoms with Gasteiger partial charge in [0, 0.05) is 60.3 Å². The lowest BCUT2D eigenvalue weighted by molar-refractivity contribution is 0.312. The lowest BCUT2D eigenvalue weighted by atomic mass is 10.0. The van der Waals surface area contributed by atoms with Crippen molar-refractivity contribution in [3.8, 4) is 11.1 Å². The van der Waals surface area contributed by atoms with Crippen LogP contribution in [0.2, 0.25) is 0 Å². The molecule has 0 amide bonds. The Hall–Kier alpha value is -2.99. The van der Waals surface area contributed by atoms with Crippen LogP contribution in [0.5, 0.6) is 0 Å². The number of rotatable bonds is 3. The zero-order valence-electron chi connectivity index (χ0n) is 16.6. The van der Waals surface area contributed by atoms with Crippen LogP contribution in [0.4, 0.5) is 5.82 Å². The molecule has 4 aromatic rings. The zero-order chi connectivity index (χ0) is 19.4. The van der Waals surface area contributed by atoms with Gasteiger partial charge in [0.2, 0.25) is 0 Å². The molecular formula is C23H24N6. The Labute approximate surface area is 169 Å². The van der Waals surface area contributed by atoms with E-state index in [2.05, 4.69) is 68.3 Å². The highest BCUT2D eigenvalue weighted by molar-refractivity contribution is 5.98. The minimum absolute atomic E-state index is 0.662. The van der Waals surface area contributed by atoms with E-state index in [9.17, 15) is 0 Å². The van der Waals surface area contributed by atoms with E-state index in [0.29, 0.717) is 5.92 Å². The quantitative estimate of drug-likeness (QED) is 0.582. The summed E-state index contributed by atoms with van der Waals surface area (Å²) in [5, 5.41) is 2.29. The molecule has 1 saturated carbocycles. The number of nitrogens with zero attached hydrogens (tertiary/aromatic N) is 5. The van der Waals surface area contributed by atoms with Crippen LogP contribution in [-0.4, -0.2) is 58.1 Å². The normalized spacial score (nSPS) is 18.0. The molecule has 6 nitrogen and oxygen atoms in total. The SMILES string of the molecule is CN1CCN(c2ncnc3ccc(-c4c[nH]c5nc(C6CC6)ccc45)cc23)CC1. The molecule has 6 rings (SSSR count). The number of aromatic amines is 1. The third kappa shape index (κ3) is 2.95. The molecule has 0 spiro atoms. The van der Waals surface area contributed by atoms with Crippen LogP contribution in [-0.2, 0) is 0 Å². The number of benzene rings is 1. The number of piperazine rings is 1. The van der Waals surface area contributed by atoms with Gasteiger partial charge in [-0.2, -0.15) is 0 Å². The van der Waals surface area contributed by atoms with Crippen molar-refractivity contribution in [2.45, 2.75) is 18.8 Å². The highest BCUT2D eigenvalue weighted by Crippen LogP contribution is 2.40. The highest BCUT2D eigenvalue weighted by Gasteiger charge is 2.25. The maximum absolute atomic E-state index is 4.85. The van der Waals surface area contributed by atoms with Gasteiger partial charge in [0.05, 0.1) is 5.52 Å². The summed E-state index contributed by atoms with van der Waals surface area (Å²) in [7, 11) is 2.17. The summed E-state index contributed by atoms with van der Waals surface area (Å²) >= 11 is 0. The molecule has 3 aromatic heterocycles. The van der Waals surface area contributed by atoms with E-state index >= 15 is 0 Å². The minimum atomic E-state index is 0.662. The summed E-state index contributed by atoms with van der Waals surface area (Å²) in [5.41, 5.74) is 5.55. The molecule has 1 aliphatic heterocycles. The second-order valence-corrected chi connectivity index (χ2v) is 8.33. The van der Waals surface area contributed by atoms with Crippen molar-refractivity contribution in [1.82, 2.24) is 24.8 Å². The number of anilines is 1. The van der Waals surface area contributed by atoms with Crippen LogP contribution in [0.1, 0.15) is 24.5 Å². The van der Waals surface area contributed by atoms with Gasteiger partial charge >= 0.3 is 0 Å². The third-order valence-electron chi connectivity index (χ3n) is 6.28. The van der Waals surface area contributed by atoms with Gasteiger partial charge in [0.25, 0.3) is 0 Å². The van der Waals surface area contributed by atoms with Crippen LogP contribution in [0.25, 0.3) is 33.1 Å². The summed E-state index contributed by atoms with van der Waals surface area (Å²) in [6.07, 6.45) is 6.30. The summed E-state index contributed by atoms with van der Waals surface area (Å²) in [4.78, 5) is 22.1. The predicted octanol–water partition coefficient (Wildman–Crippen LogP) is 3.80. The molecule has 1 aliphatic carbocycles. The molecule has 1 aromatic carbocycles. The Morgan fingerprint density at radius 3 is 2.66 bits per heavy atom. The summed E-state index contributed by atoms with van der Waals surface area (Å²) < 4.78 is 0. The van der Waals surface area contributed by atoms with Gasteiger partial charge in [0.15, 0.2) is 0 Å². The van der Waals surface area contributed by atoms with E-state index in [1.54, 1.807) is 6.33 Å². The lowest BCUT2D eigenvalue weighted by Gasteiger charge is -2.33. The third-order valence-corrected chi connectivity index (χ3v) is 6.28. The molecule has 1 N–H and O–H groups in total. The van der Waals surface area contributed by atoms with E-state index < -0.39 is 0 Å². The van der Waals surface area contributed by atoms with Crippen molar-refractivity contribution in [3.05, 3.63) is 48.5 Å². The average molecular weight is 384 g/mol. The Kier molecular flexibility index (Phi) is 3.81. The standard InChI is InChI=1S/C23H24N6/c1-28-8-10-29(11-9-28)23-18-12-16(4-6-21(18)25-14-26-23)19-13-24-22-17(19)5-7-20(27-22)15-2-3-15/h4-7,12-15H,2-3,8-11H2,1H3,(H,24,27). The Morgan fingerprint density at radius 1 is 0.966 bits per heavy atom. The molecular weight excluding hydrogens is 360 g/mol. The molecule has 0 atom stereocenters. The van der Waals surface area contributed by atoms with Crippen LogP contribution >= 0.6 is 0 Å². The van der Waals surface area contributed by atoms with Gasteiger partial charge in [-0.15, -0.1) is 0 Å². The highest BCUT2D eigenvalue weighted by atomic mass is 15.3. The van der Waals surface area contributed by atoms with Gasteiger partial charge < -0.3 is 14.8 Å². The molecule has 4 heterocycles. The van der Waals surface area contributed by atoms with Crippen molar-refractivity contribution in [1.29, 1.82) is 0 Å². The number of likely N-dealkylation sites (N-methyl/N-ethyl adjacent to an activating group) is 1. The number of H-pyrrole nitrogens is 1. The maximum atomic E-state index is 4.85. The number of hydrogen-bond donors (Lipinski definition) is 1. The minimum Gasteiger partial charge on any atom is -0.353 e. The lowest BCUT2D eigenvalue weighted by Crippen LogP contribution is -2.44. The van der Waals surface area contributed by atoms with E-state index in [1.165, 1.54) is 35.0 Å². The first kappa shape index (κ1) is 16.9. The predicted molar refractivity (Wildman–Crippen MR) is 116 cm³/mol. The second kappa shape index (κ2) is 6.52. The molecule has 146 valence electrons. The molecule has 2 fully saturated rings. The fourth-order valence-corrected chi connectivity index (χ4v) is 4.35. The Morgan fingerprint density at radius 2 is 1.83 bits per heavy atom. The van der Waals surface area contributed by atoms with Crippen molar-refractivity contribution in [3.63, 3.8) is 0 Å². The number of pyridine rings is 1. The van der Waals surface area contributed by atoms with Crippen LogP contribution in [0, 0.1) is 0 Å². The van der Waals surface area contributed by atoms with Crippen molar-refractivity contribution < 1.29 is 0 Å². The Balaban J connectivity index is 1.43. The zero-order valence-corrected chi connectivity index (χ0v) is 16.6. The van der Waals surface area contributed by atoms with Gasteiger partial charge in [-0.1, -0.05) is 6.07 Å². The average Bonchev–Trinajstić information content (AvgIpc) is 3.53. The first-order chi connectivity index (χ1) is 14.3. The van der Waals surface area contributed by atoms with Crippen molar-refractivity contribution in [2.24, 2.45) is 0 Å². The first-order valence-electron chi connectivity index (χ1n) is 10.4. The number of fused-ring (bicyclic) bond motifs is 2. The Bertz CT molecular complexity index is 1200. The summed E-state index contributed by atoms with van der Waals surface area (Å²) in [6, 6.07) is 10.9. The van der Waals surface area contributed by atoms with Gasteiger partial charge in [-0.05, 0) is 49.7 Å². The molecule has 0 radical (unpaired) electrons. The fraction of sp³-hybridized carbons (Fsp3) is 0.348. The van der Waals surface area contributed by atoms with Crippen LogP contribution in [0.15, 0.2) is 42.9 Å². The van der Waals surface area contributed by atoms with Gasteiger partial charge in [-0.25, -0.2) is 15.0 Å². The van der Waals surface area contributed by atoms with Gasteiger partial charge in [0.1, 0.15) is 17.8 Å². The van der Waals surface area contributed by atoms with Crippen molar-refractivity contribution >= 4 is 27.8 Å².